The van der Waals surface area contributed by atoms with E-state index in [0.29, 0.717) is 11.0 Å². The van der Waals surface area contributed by atoms with Gasteiger partial charge in [0.05, 0.1) is 12.2 Å². The fourth-order valence-electron chi connectivity index (χ4n) is 3.51. The molecule has 7 nitrogen and oxygen atoms in total. The lowest BCUT2D eigenvalue weighted by atomic mass is 10.1. The topological polar surface area (TPSA) is 88.9 Å². The van der Waals surface area contributed by atoms with Gasteiger partial charge in [-0.25, -0.2) is 0 Å². The summed E-state index contributed by atoms with van der Waals surface area (Å²) < 4.78 is 1.75. The number of fused-ring (bicyclic) bond motifs is 1. The number of benzene rings is 3. The van der Waals surface area contributed by atoms with Crippen LogP contribution in [0.3, 0.4) is 0 Å². The first kappa shape index (κ1) is 22.5. The first-order valence-electron chi connectivity index (χ1n) is 10.7. The molecule has 8 heteroatoms. The maximum absolute atomic E-state index is 12.5. The average molecular weight is 460 g/mol. The number of aryl methyl sites for hydroxylation is 1. The predicted molar refractivity (Wildman–Crippen MR) is 132 cm³/mol. The Bertz CT molecular complexity index is 1300. The standard InChI is InChI=1S/C25H25N5O2S/c1-3-17-8-6-7-11-21(17)27-23(31)15-22-28-29-25(30(22)2)33-16-24(32)26-20-13-12-18-9-4-5-10-19(18)14-20/h4-14H,3,15-16H2,1-2H3,(H,26,32)(H,27,31). The van der Waals surface area contributed by atoms with Crippen LogP contribution >= 0.6 is 11.8 Å². The van der Waals surface area contributed by atoms with Crippen LogP contribution in [0, 0.1) is 0 Å². The number of nitrogens with one attached hydrogen (secondary N) is 2. The number of thioether (sulfide) groups is 1. The van der Waals surface area contributed by atoms with E-state index < -0.39 is 0 Å². The molecule has 0 fully saturated rings. The van der Waals surface area contributed by atoms with Gasteiger partial charge < -0.3 is 15.2 Å². The molecule has 168 valence electrons. The summed E-state index contributed by atoms with van der Waals surface area (Å²) in [7, 11) is 1.80. The smallest absolute Gasteiger partial charge is 0.234 e. The van der Waals surface area contributed by atoms with E-state index in [-0.39, 0.29) is 24.0 Å². The molecule has 0 aliphatic heterocycles. The van der Waals surface area contributed by atoms with Crippen molar-refractivity contribution in [2.75, 3.05) is 16.4 Å². The van der Waals surface area contributed by atoms with Crippen LogP contribution in [0.1, 0.15) is 18.3 Å². The Hall–Kier alpha value is -3.65. The molecule has 4 rings (SSSR count). The minimum absolute atomic E-state index is 0.103. The lowest BCUT2D eigenvalue weighted by Gasteiger charge is -2.09. The van der Waals surface area contributed by atoms with E-state index in [0.717, 1.165) is 34.1 Å². The Kier molecular flexibility index (Phi) is 7.04. The third-order valence-corrected chi connectivity index (χ3v) is 6.30. The van der Waals surface area contributed by atoms with Crippen LogP contribution in [0.4, 0.5) is 11.4 Å². The predicted octanol–water partition coefficient (Wildman–Crippen LogP) is 4.44. The molecule has 0 radical (unpaired) electrons. The molecule has 0 saturated carbocycles. The lowest BCUT2D eigenvalue weighted by Crippen LogP contribution is -2.18. The fraction of sp³-hybridized carbons (Fsp3) is 0.200. The largest absolute Gasteiger partial charge is 0.325 e. The van der Waals surface area contributed by atoms with Gasteiger partial charge in [-0.1, -0.05) is 67.2 Å². The highest BCUT2D eigenvalue weighted by Crippen LogP contribution is 2.21. The molecular weight excluding hydrogens is 434 g/mol. The number of carbonyl (C=O) groups is 2. The van der Waals surface area contributed by atoms with Crippen LogP contribution in [-0.4, -0.2) is 32.3 Å². The summed E-state index contributed by atoms with van der Waals surface area (Å²) in [5, 5.41) is 16.9. The van der Waals surface area contributed by atoms with Gasteiger partial charge in [0.1, 0.15) is 5.82 Å². The van der Waals surface area contributed by atoms with Gasteiger partial charge in [-0.2, -0.15) is 0 Å². The number of carbonyl (C=O) groups excluding carboxylic acids is 2. The first-order chi connectivity index (χ1) is 16.0. The number of aromatic nitrogens is 3. The molecule has 0 spiro atoms. The van der Waals surface area contributed by atoms with Gasteiger partial charge in [0.2, 0.25) is 11.8 Å². The molecule has 0 unspecified atom stereocenters. The summed E-state index contributed by atoms with van der Waals surface area (Å²) in [6, 6.07) is 21.6. The molecule has 0 bridgehead atoms. The van der Waals surface area contributed by atoms with Crippen molar-refractivity contribution in [1.29, 1.82) is 0 Å². The monoisotopic (exact) mass is 459 g/mol. The molecule has 0 aliphatic rings. The third kappa shape index (κ3) is 5.59. The fourth-order valence-corrected chi connectivity index (χ4v) is 4.24. The number of para-hydroxylation sites is 1. The molecule has 2 amide bonds. The van der Waals surface area contributed by atoms with Crippen molar-refractivity contribution in [3.05, 3.63) is 78.1 Å². The molecule has 1 aromatic heterocycles. The average Bonchev–Trinajstić information content (AvgIpc) is 3.16. The zero-order chi connectivity index (χ0) is 23.2. The zero-order valence-electron chi connectivity index (χ0n) is 18.5. The number of hydrogen-bond donors (Lipinski definition) is 2. The van der Waals surface area contributed by atoms with E-state index in [2.05, 4.69) is 20.8 Å². The molecule has 0 atom stereocenters. The van der Waals surface area contributed by atoms with Crippen molar-refractivity contribution in [3.8, 4) is 0 Å². The zero-order valence-corrected chi connectivity index (χ0v) is 19.4. The molecule has 0 aliphatic carbocycles. The second-order valence-electron chi connectivity index (χ2n) is 7.59. The van der Waals surface area contributed by atoms with E-state index in [1.165, 1.54) is 11.8 Å². The Morgan fingerprint density at radius 2 is 1.67 bits per heavy atom. The maximum atomic E-state index is 12.5. The minimum atomic E-state index is -0.156. The van der Waals surface area contributed by atoms with E-state index in [1.54, 1.807) is 11.6 Å². The van der Waals surface area contributed by atoms with Crippen LogP contribution in [0.5, 0.6) is 0 Å². The van der Waals surface area contributed by atoms with Crippen molar-refractivity contribution in [1.82, 2.24) is 14.8 Å². The van der Waals surface area contributed by atoms with Crippen LogP contribution in [-0.2, 0) is 29.5 Å². The van der Waals surface area contributed by atoms with Crippen molar-refractivity contribution < 1.29 is 9.59 Å². The highest BCUT2D eigenvalue weighted by Gasteiger charge is 2.15. The summed E-state index contributed by atoms with van der Waals surface area (Å²) in [6.45, 7) is 2.05. The molecule has 2 N–H and O–H groups in total. The van der Waals surface area contributed by atoms with Gasteiger partial charge in [-0.15, -0.1) is 10.2 Å². The second kappa shape index (κ2) is 10.3. The van der Waals surface area contributed by atoms with Gasteiger partial charge in [-0.3, -0.25) is 9.59 Å². The number of hydrogen-bond acceptors (Lipinski definition) is 5. The Balaban J connectivity index is 1.32. The molecular formula is C25H25N5O2S. The van der Waals surface area contributed by atoms with Crippen molar-refractivity contribution in [2.45, 2.75) is 24.9 Å². The molecule has 4 aromatic rings. The van der Waals surface area contributed by atoms with Crippen LogP contribution < -0.4 is 10.6 Å². The number of amides is 2. The summed E-state index contributed by atoms with van der Waals surface area (Å²) >= 11 is 1.28. The van der Waals surface area contributed by atoms with Crippen molar-refractivity contribution in [2.24, 2.45) is 7.05 Å². The summed E-state index contributed by atoms with van der Waals surface area (Å²) in [5.41, 5.74) is 2.65. The van der Waals surface area contributed by atoms with Gasteiger partial charge in [0.15, 0.2) is 5.16 Å². The molecule has 0 saturated heterocycles. The van der Waals surface area contributed by atoms with Crippen LogP contribution in [0.15, 0.2) is 71.9 Å². The van der Waals surface area contributed by atoms with E-state index in [4.69, 9.17) is 0 Å². The van der Waals surface area contributed by atoms with Crippen LogP contribution in [0.25, 0.3) is 10.8 Å². The quantitative estimate of drug-likeness (QED) is 0.380. The minimum Gasteiger partial charge on any atom is -0.325 e. The molecule has 3 aromatic carbocycles. The van der Waals surface area contributed by atoms with Gasteiger partial charge in [0.25, 0.3) is 0 Å². The molecule has 33 heavy (non-hydrogen) atoms. The molecule has 1 heterocycles. The Labute approximate surface area is 196 Å². The number of nitrogens with zero attached hydrogens (tertiary/aromatic N) is 3. The van der Waals surface area contributed by atoms with E-state index >= 15 is 0 Å². The van der Waals surface area contributed by atoms with Crippen LogP contribution in [0.2, 0.25) is 0 Å². The summed E-state index contributed by atoms with van der Waals surface area (Å²) in [6.07, 6.45) is 0.938. The highest BCUT2D eigenvalue weighted by molar-refractivity contribution is 7.99. The van der Waals surface area contributed by atoms with Gasteiger partial charge in [0, 0.05) is 18.4 Å². The normalized spacial score (nSPS) is 10.8. The maximum Gasteiger partial charge on any atom is 0.234 e. The highest BCUT2D eigenvalue weighted by atomic mass is 32.2. The Morgan fingerprint density at radius 3 is 2.48 bits per heavy atom. The van der Waals surface area contributed by atoms with Gasteiger partial charge in [-0.05, 0) is 41.0 Å². The van der Waals surface area contributed by atoms with E-state index in [1.807, 2.05) is 73.7 Å². The van der Waals surface area contributed by atoms with Crippen molar-refractivity contribution >= 4 is 45.7 Å². The van der Waals surface area contributed by atoms with Gasteiger partial charge >= 0.3 is 0 Å². The SMILES string of the molecule is CCc1ccccc1NC(=O)Cc1nnc(SCC(=O)Nc2ccc3ccccc3c2)n1C. The first-order valence-corrected chi connectivity index (χ1v) is 11.7. The van der Waals surface area contributed by atoms with Crippen molar-refractivity contribution in [3.63, 3.8) is 0 Å². The summed E-state index contributed by atoms with van der Waals surface area (Å²) in [4.78, 5) is 24.9. The lowest BCUT2D eigenvalue weighted by molar-refractivity contribution is -0.116. The Morgan fingerprint density at radius 1 is 0.909 bits per heavy atom. The number of rotatable bonds is 8. The second-order valence-corrected chi connectivity index (χ2v) is 8.53. The van der Waals surface area contributed by atoms with E-state index in [9.17, 15) is 9.59 Å². The number of anilines is 2. The summed E-state index contributed by atoms with van der Waals surface area (Å²) in [5.74, 6) is 0.444. The third-order valence-electron chi connectivity index (χ3n) is 5.28.